The Morgan fingerprint density at radius 3 is 2.56 bits per heavy atom. The van der Waals surface area contributed by atoms with Gasteiger partial charge in [0.25, 0.3) is 0 Å². The first kappa shape index (κ1) is 21.8. The molecule has 2 aromatic carbocycles. The van der Waals surface area contributed by atoms with Gasteiger partial charge in [0.05, 0.1) is 18.2 Å². The number of aliphatic hydroxyl groups is 1. The number of alkyl halides is 3. The summed E-state index contributed by atoms with van der Waals surface area (Å²) in [7, 11) is 0. The van der Waals surface area contributed by atoms with Crippen LogP contribution in [0.1, 0.15) is 22.7 Å². The van der Waals surface area contributed by atoms with Crippen molar-refractivity contribution in [3.63, 3.8) is 0 Å². The maximum absolute atomic E-state index is 13.0. The number of aliphatic hydroxyl groups excluding tert-OH is 1. The van der Waals surface area contributed by atoms with Crippen LogP contribution in [0.5, 0.6) is 0 Å². The van der Waals surface area contributed by atoms with E-state index in [0.717, 1.165) is 12.1 Å². The molecule has 0 spiro atoms. The Hall–Kier alpha value is -1.54. The van der Waals surface area contributed by atoms with Crippen molar-refractivity contribution >= 4 is 40.5 Å². The summed E-state index contributed by atoms with van der Waals surface area (Å²) in [5.41, 5.74) is 0.343. The molecule has 0 saturated carbocycles. The van der Waals surface area contributed by atoms with Crippen LogP contribution in [0, 0.1) is 0 Å². The number of rotatable bonds is 6. The molecule has 3 N–H and O–H groups in total. The Kier molecular flexibility index (Phi) is 7.73. The summed E-state index contributed by atoms with van der Waals surface area (Å²) >= 11 is 17.5. The second kappa shape index (κ2) is 9.59. The molecule has 0 bridgehead atoms. The Balaban J connectivity index is 2.32. The lowest BCUT2D eigenvalue weighted by Gasteiger charge is -2.23. The summed E-state index contributed by atoms with van der Waals surface area (Å²) in [5.74, 6) is 0. The van der Waals surface area contributed by atoms with Gasteiger partial charge < -0.3 is 15.7 Å². The molecular formula is C18H17Cl2F3N2OS. The summed E-state index contributed by atoms with van der Waals surface area (Å²) < 4.78 is 39.0. The zero-order valence-corrected chi connectivity index (χ0v) is 16.3. The van der Waals surface area contributed by atoms with Crippen molar-refractivity contribution in [2.75, 3.05) is 13.2 Å². The van der Waals surface area contributed by atoms with Gasteiger partial charge in [-0.15, -0.1) is 0 Å². The zero-order chi connectivity index (χ0) is 20.0. The van der Waals surface area contributed by atoms with Crippen LogP contribution >= 0.6 is 35.4 Å². The van der Waals surface area contributed by atoms with E-state index in [0.29, 0.717) is 21.2 Å². The van der Waals surface area contributed by atoms with Gasteiger partial charge in [0.1, 0.15) is 0 Å². The first-order valence-corrected chi connectivity index (χ1v) is 9.13. The average Bonchev–Trinajstić information content (AvgIpc) is 2.61. The van der Waals surface area contributed by atoms with Gasteiger partial charge in [-0.25, -0.2) is 0 Å². The minimum absolute atomic E-state index is 0.113. The van der Waals surface area contributed by atoms with E-state index in [2.05, 4.69) is 10.6 Å². The Morgan fingerprint density at radius 1 is 1.15 bits per heavy atom. The van der Waals surface area contributed by atoms with E-state index in [1.807, 2.05) is 0 Å². The fourth-order valence-corrected chi connectivity index (χ4v) is 3.18. The first-order chi connectivity index (χ1) is 12.7. The topological polar surface area (TPSA) is 44.3 Å². The molecule has 3 nitrogen and oxygen atoms in total. The van der Waals surface area contributed by atoms with Gasteiger partial charge in [0, 0.05) is 16.6 Å². The minimum atomic E-state index is -4.43. The smallest absolute Gasteiger partial charge is 0.395 e. The number of halogens is 5. The van der Waals surface area contributed by atoms with E-state index in [4.69, 9.17) is 40.5 Å². The molecule has 1 atom stereocenters. The van der Waals surface area contributed by atoms with Gasteiger partial charge in [0.15, 0.2) is 5.11 Å². The predicted octanol–water partition coefficient (Wildman–Crippen LogP) is 4.75. The quantitative estimate of drug-likeness (QED) is 0.571. The Bertz CT molecular complexity index is 802. The summed E-state index contributed by atoms with van der Waals surface area (Å²) in [6, 6.07) is 9.44. The van der Waals surface area contributed by atoms with E-state index in [1.165, 1.54) is 6.07 Å². The molecule has 146 valence electrons. The minimum Gasteiger partial charge on any atom is -0.395 e. The fourth-order valence-electron chi connectivity index (χ4n) is 2.51. The number of thiocarbonyl (C=S) groups is 1. The molecule has 2 aromatic rings. The van der Waals surface area contributed by atoms with Gasteiger partial charge >= 0.3 is 6.18 Å². The lowest BCUT2D eigenvalue weighted by Crippen LogP contribution is -2.39. The molecule has 0 aliphatic heterocycles. The number of hydrogen-bond acceptors (Lipinski definition) is 2. The second-order valence-corrected chi connectivity index (χ2v) is 7.00. The van der Waals surface area contributed by atoms with Crippen LogP contribution < -0.4 is 10.6 Å². The van der Waals surface area contributed by atoms with Gasteiger partial charge in [-0.3, -0.25) is 0 Å². The molecule has 0 aliphatic carbocycles. The largest absolute Gasteiger partial charge is 0.416 e. The van der Waals surface area contributed by atoms with Gasteiger partial charge in [-0.2, -0.15) is 13.2 Å². The molecule has 2 rings (SSSR count). The highest BCUT2D eigenvalue weighted by Gasteiger charge is 2.30. The summed E-state index contributed by atoms with van der Waals surface area (Å²) in [5, 5.41) is 15.8. The average molecular weight is 437 g/mol. The van der Waals surface area contributed by atoms with Crippen molar-refractivity contribution in [3.05, 3.63) is 69.2 Å². The van der Waals surface area contributed by atoms with Gasteiger partial charge in [-0.1, -0.05) is 41.4 Å². The normalized spacial score (nSPS) is 12.5. The lowest BCUT2D eigenvalue weighted by molar-refractivity contribution is -0.137. The number of benzene rings is 2. The zero-order valence-electron chi connectivity index (χ0n) is 14.0. The maximum atomic E-state index is 13.0. The first-order valence-electron chi connectivity index (χ1n) is 7.97. The van der Waals surface area contributed by atoms with E-state index in [9.17, 15) is 13.2 Å². The van der Waals surface area contributed by atoms with Gasteiger partial charge in [0.2, 0.25) is 0 Å². The molecule has 0 fully saturated rings. The fraction of sp³-hybridized carbons (Fsp3) is 0.278. The SMILES string of the molecule is OCCNC(=S)NC(Cc1cccc(C(F)(F)F)c1)c1cc(Cl)ccc1Cl. The molecule has 0 saturated heterocycles. The van der Waals surface area contributed by atoms with Crippen molar-refractivity contribution in [3.8, 4) is 0 Å². The highest BCUT2D eigenvalue weighted by molar-refractivity contribution is 7.80. The molecule has 9 heteroatoms. The molecule has 0 aliphatic rings. The summed E-state index contributed by atoms with van der Waals surface area (Å²) in [6.07, 6.45) is -4.23. The van der Waals surface area contributed by atoms with Crippen LogP contribution in [0.2, 0.25) is 10.0 Å². The third-order valence-corrected chi connectivity index (χ3v) is 4.57. The second-order valence-electron chi connectivity index (χ2n) is 5.74. The molecule has 27 heavy (non-hydrogen) atoms. The molecule has 0 aromatic heterocycles. The highest BCUT2D eigenvalue weighted by atomic mass is 35.5. The predicted molar refractivity (Wildman–Crippen MR) is 105 cm³/mol. The molecule has 0 heterocycles. The van der Waals surface area contributed by atoms with Crippen LogP contribution in [0.3, 0.4) is 0 Å². The van der Waals surface area contributed by atoms with E-state index in [-0.39, 0.29) is 24.7 Å². The summed E-state index contributed by atoms with van der Waals surface area (Å²) in [4.78, 5) is 0. The molecule has 0 radical (unpaired) electrons. The van der Waals surface area contributed by atoms with Crippen LogP contribution in [0.4, 0.5) is 13.2 Å². The van der Waals surface area contributed by atoms with E-state index in [1.54, 1.807) is 24.3 Å². The van der Waals surface area contributed by atoms with E-state index >= 15 is 0 Å². The molecular weight excluding hydrogens is 420 g/mol. The van der Waals surface area contributed by atoms with Crippen molar-refractivity contribution in [2.45, 2.75) is 18.6 Å². The van der Waals surface area contributed by atoms with Crippen molar-refractivity contribution in [1.29, 1.82) is 0 Å². The third kappa shape index (κ3) is 6.53. The van der Waals surface area contributed by atoms with Crippen LogP contribution in [-0.2, 0) is 12.6 Å². The molecule has 0 amide bonds. The number of nitrogens with one attached hydrogen (secondary N) is 2. The summed E-state index contributed by atoms with van der Waals surface area (Å²) in [6.45, 7) is 0.128. The van der Waals surface area contributed by atoms with E-state index < -0.39 is 17.8 Å². The Morgan fingerprint density at radius 2 is 1.89 bits per heavy atom. The van der Waals surface area contributed by atoms with Gasteiger partial charge in [-0.05, 0) is 54.0 Å². The third-order valence-electron chi connectivity index (χ3n) is 3.73. The van der Waals surface area contributed by atoms with Crippen LogP contribution in [0.15, 0.2) is 42.5 Å². The monoisotopic (exact) mass is 436 g/mol. The van der Waals surface area contributed by atoms with Crippen molar-refractivity contribution in [2.24, 2.45) is 0 Å². The number of hydrogen-bond donors (Lipinski definition) is 3. The highest BCUT2D eigenvalue weighted by Crippen LogP contribution is 2.32. The Labute approximate surface area is 170 Å². The van der Waals surface area contributed by atoms with Crippen LogP contribution in [-0.4, -0.2) is 23.4 Å². The van der Waals surface area contributed by atoms with Crippen molar-refractivity contribution in [1.82, 2.24) is 10.6 Å². The lowest BCUT2D eigenvalue weighted by atomic mass is 9.97. The van der Waals surface area contributed by atoms with Crippen molar-refractivity contribution < 1.29 is 18.3 Å². The molecule has 1 unspecified atom stereocenters. The standard InChI is InChI=1S/C18H17Cl2F3N2OS/c19-13-4-5-15(20)14(10-13)16(25-17(27)24-6-7-26)9-11-2-1-3-12(8-11)18(21,22)23/h1-5,8,10,16,26H,6-7,9H2,(H2,24,25,27). The maximum Gasteiger partial charge on any atom is 0.416 e. The van der Waals surface area contributed by atoms with Crippen LogP contribution in [0.25, 0.3) is 0 Å².